The molecular formula is C19H18O4S2. The number of rotatable bonds is 1. The van der Waals surface area contributed by atoms with Gasteiger partial charge in [-0.2, -0.15) is 0 Å². The third-order valence-electron chi connectivity index (χ3n) is 4.49. The van der Waals surface area contributed by atoms with Crippen molar-refractivity contribution in [1.82, 2.24) is 0 Å². The first-order valence-electron chi connectivity index (χ1n) is 7.65. The van der Waals surface area contributed by atoms with E-state index in [2.05, 4.69) is 0 Å². The van der Waals surface area contributed by atoms with E-state index in [9.17, 15) is 15.0 Å². The van der Waals surface area contributed by atoms with Crippen LogP contribution in [0.5, 0.6) is 0 Å². The predicted octanol–water partition coefficient (Wildman–Crippen LogP) is 5.77. The maximum atomic E-state index is 13.1. The first kappa shape index (κ1) is 16.2. The van der Waals surface area contributed by atoms with Gasteiger partial charge in [0.25, 0.3) is 0 Å². The minimum absolute atomic E-state index is 0.121. The Kier molecular flexibility index (Phi) is 3.46. The van der Waals surface area contributed by atoms with Crippen molar-refractivity contribution >= 4 is 37.2 Å². The lowest BCUT2D eigenvalue weighted by molar-refractivity contribution is 0.232. The number of hydrogen-bond acceptors (Lipinski definition) is 4. The molecule has 2 aromatic carbocycles. The molecule has 0 amide bonds. The number of aliphatic hydroxyl groups is 2. The third kappa shape index (κ3) is 2.28. The molecule has 4 rings (SSSR count). The van der Waals surface area contributed by atoms with Crippen LogP contribution in [0.3, 0.4) is 0 Å². The summed E-state index contributed by atoms with van der Waals surface area (Å²) < 4.78 is 5.98. The highest BCUT2D eigenvalue weighted by Crippen LogP contribution is 2.69. The SMILES string of the molecule is CS1(OC(=O)S2(C)C=C(O)c3ccccc32)C=C(O)c2ccccc21. The molecule has 0 fully saturated rings. The van der Waals surface area contributed by atoms with Crippen LogP contribution in [-0.2, 0) is 4.18 Å². The summed E-state index contributed by atoms with van der Waals surface area (Å²) in [6.45, 7) is 0. The molecule has 130 valence electrons. The monoisotopic (exact) mass is 374 g/mol. The highest BCUT2D eigenvalue weighted by atomic mass is 32.3. The zero-order valence-corrected chi connectivity index (χ0v) is 15.4. The topological polar surface area (TPSA) is 66.8 Å². The second-order valence-electron chi connectivity index (χ2n) is 6.22. The van der Waals surface area contributed by atoms with Crippen LogP contribution in [0.25, 0.3) is 11.5 Å². The number of hydrogen-bond donors (Lipinski definition) is 2. The first-order valence-corrected chi connectivity index (χ1v) is 11.8. The smallest absolute Gasteiger partial charge is 0.368 e. The Morgan fingerprint density at radius 1 is 0.840 bits per heavy atom. The maximum absolute atomic E-state index is 13.1. The van der Waals surface area contributed by atoms with Crippen LogP contribution in [0, 0.1) is 0 Å². The molecular weight excluding hydrogens is 356 g/mol. The summed E-state index contributed by atoms with van der Waals surface area (Å²) in [5.74, 6) is 0.265. The van der Waals surface area contributed by atoms with Gasteiger partial charge in [0.15, 0.2) is 0 Å². The van der Waals surface area contributed by atoms with E-state index in [0.717, 1.165) is 9.79 Å². The zero-order chi connectivity index (χ0) is 17.8. The van der Waals surface area contributed by atoms with Crippen molar-refractivity contribution in [2.75, 3.05) is 12.5 Å². The van der Waals surface area contributed by atoms with Crippen molar-refractivity contribution in [3.05, 3.63) is 70.5 Å². The van der Waals surface area contributed by atoms with Crippen molar-refractivity contribution < 1.29 is 19.2 Å². The van der Waals surface area contributed by atoms with Crippen LogP contribution < -0.4 is 0 Å². The van der Waals surface area contributed by atoms with Gasteiger partial charge < -0.3 is 14.4 Å². The lowest BCUT2D eigenvalue weighted by Crippen LogP contribution is -2.13. The molecule has 0 aliphatic carbocycles. The minimum Gasteiger partial charge on any atom is -0.507 e. The Balaban J connectivity index is 1.73. The van der Waals surface area contributed by atoms with Gasteiger partial charge in [0.1, 0.15) is 11.5 Å². The molecule has 0 aromatic heterocycles. The second-order valence-corrected chi connectivity index (χ2v) is 11.8. The number of fused-ring (bicyclic) bond motifs is 2. The summed E-state index contributed by atoms with van der Waals surface area (Å²) in [5, 5.41) is 23.3. The van der Waals surface area contributed by atoms with Gasteiger partial charge in [0, 0.05) is 38.0 Å². The normalized spacial score (nSPS) is 31.6. The molecule has 6 heteroatoms. The maximum Gasteiger partial charge on any atom is 0.368 e. The zero-order valence-electron chi connectivity index (χ0n) is 13.8. The van der Waals surface area contributed by atoms with Gasteiger partial charge >= 0.3 is 5.30 Å². The highest BCUT2D eigenvalue weighted by Gasteiger charge is 2.42. The molecule has 2 N–H and O–H groups in total. The number of aliphatic hydroxyl groups excluding tert-OH is 2. The molecule has 2 unspecified atom stereocenters. The van der Waals surface area contributed by atoms with Gasteiger partial charge in [0.2, 0.25) is 0 Å². The van der Waals surface area contributed by atoms with Crippen molar-refractivity contribution in [3.8, 4) is 0 Å². The third-order valence-corrected chi connectivity index (χ3v) is 9.74. The lowest BCUT2D eigenvalue weighted by Gasteiger charge is -2.35. The van der Waals surface area contributed by atoms with E-state index in [1.807, 2.05) is 55.0 Å². The van der Waals surface area contributed by atoms with Crippen LogP contribution in [0.2, 0.25) is 0 Å². The van der Waals surface area contributed by atoms with Crippen LogP contribution >= 0.6 is 20.3 Å². The number of benzene rings is 2. The van der Waals surface area contributed by atoms with Crippen LogP contribution in [0.15, 0.2) is 69.1 Å². The largest absolute Gasteiger partial charge is 0.507 e. The molecule has 0 spiro atoms. The molecule has 2 atom stereocenters. The molecule has 2 heterocycles. The van der Waals surface area contributed by atoms with Gasteiger partial charge in [-0.15, -0.1) is 0 Å². The summed E-state index contributed by atoms with van der Waals surface area (Å²) in [7, 11) is -4.16. The fraction of sp³-hybridized carbons (Fsp3) is 0.105. The van der Waals surface area contributed by atoms with E-state index in [-0.39, 0.29) is 16.8 Å². The van der Waals surface area contributed by atoms with Crippen molar-refractivity contribution in [2.24, 2.45) is 0 Å². The lowest BCUT2D eigenvalue weighted by atomic mass is 10.2. The van der Waals surface area contributed by atoms with Crippen molar-refractivity contribution in [3.63, 3.8) is 0 Å². The summed E-state index contributed by atoms with van der Waals surface area (Å²) in [4.78, 5) is 14.8. The molecule has 4 nitrogen and oxygen atoms in total. The average Bonchev–Trinajstić information content (AvgIpc) is 3.01. The fourth-order valence-electron chi connectivity index (χ4n) is 3.19. The summed E-state index contributed by atoms with van der Waals surface area (Å²) in [5.41, 5.74) is 1.39. The Labute approximate surface area is 149 Å². The van der Waals surface area contributed by atoms with Gasteiger partial charge in [-0.1, -0.05) is 46.4 Å². The predicted molar refractivity (Wildman–Crippen MR) is 104 cm³/mol. The van der Waals surface area contributed by atoms with E-state index in [4.69, 9.17) is 4.18 Å². The highest BCUT2D eigenvalue weighted by molar-refractivity contribution is 8.47. The van der Waals surface area contributed by atoms with E-state index < -0.39 is 20.3 Å². The van der Waals surface area contributed by atoms with Gasteiger partial charge in [0.05, 0.1) is 0 Å². The number of carbonyl (C=O) groups excluding carboxylic acids is 1. The minimum atomic E-state index is -2.10. The van der Waals surface area contributed by atoms with E-state index in [0.29, 0.717) is 11.1 Å². The molecule has 0 bridgehead atoms. The van der Waals surface area contributed by atoms with Crippen molar-refractivity contribution in [1.29, 1.82) is 0 Å². The number of carbonyl (C=O) groups is 1. The Morgan fingerprint density at radius 2 is 1.36 bits per heavy atom. The Bertz CT molecular complexity index is 965. The second kappa shape index (κ2) is 5.34. The Hall–Kier alpha value is -2.31. The van der Waals surface area contributed by atoms with Crippen LogP contribution in [0.1, 0.15) is 11.1 Å². The average molecular weight is 374 g/mol. The first-order chi connectivity index (χ1) is 11.8. The van der Waals surface area contributed by atoms with Crippen molar-refractivity contribution in [2.45, 2.75) is 9.79 Å². The molecule has 2 aliphatic rings. The standard InChI is InChI=1S/C19H18O4S2/c1-24(11-15(20)13-7-3-5-9-17(13)24)19(22)23-25(2)12-16(21)14-8-4-6-10-18(14)25/h3-12,20-21H,1-2H3. The van der Waals surface area contributed by atoms with E-state index >= 15 is 0 Å². The molecule has 0 radical (unpaired) electrons. The molecule has 0 saturated carbocycles. The van der Waals surface area contributed by atoms with E-state index in [1.165, 1.54) is 0 Å². The van der Waals surface area contributed by atoms with E-state index in [1.54, 1.807) is 16.9 Å². The molecule has 2 aromatic rings. The van der Waals surface area contributed by atoms with Gasteiger partial charge in [-0.3, -0.25) is 0 Å². The van der Waals surface area contributed by atoms with Gasteiger partial charge in [-0.05, 0) is 28.7 Å². The summed E-state index contributed by atoms with van der Waals surface area (Å²) in [6, 6.07) is 14.8. The van der Waals surface area contributed by atoms with Crippen LogP contribution in [-0.4, -0.2) is 28.0 Å². The molecule has 25 heavy (non-hydrogen) atoms. The summed E-state index contributed by atoms with van der Waals surface area (Å²) >= 11 is 0. The fourth-order valence-corrected chi connectivity index (χ4v) is 8.20. The Morgan fingerprint density at radius 3 is 2.04 bits per heavy atom. The molecule has 2 aliphatic heterocycles. The van der Waals surface area contributed by atoms with Crippen LogP contribution in [0.4, 0.5) is 4.79 Å². The quantitative estimate of drug-likeness (QED) is 0.665. The molecule has 0 saturated heterocycles. The van der Waals surface area contributed by atoms with Gasteiger partial charge in [-0.25, -0.2) is 4.79 Å². The summed E-state index contributed by atoms with van der Waals surface area (Å²) in [6.07, 6.45) is 3.67.